The molecule has 0 unspecified atom stereocenters. The minimum atomic E-state index is 0.479. The Kier molecular flexibility index (Phi) is 3.99. The van der Waals surface area contributed by atoms with Crippen molar-refractivity contribution in [2.45, 2.75) is 13.5 Å². The van der Waals surface area contributed by atoms with Crippen LogP contribution in [-0.2, 0) is 6.54 Å². The number of nitrogens with one attached hydrogen (secondary N) is 1. The highest BCUT2D eigenvalue weighted by Crippen LogP contribution is 2.20. The van der Waals surface area contributed by atoms with Crippen molar-refractivity contribution in [3.63, 3.8) is 0 Å². The van der Waals surface area contributed by atoms with Crippen LogP contribution in [0.2, 0.25) is 0 Å². The summed E-state index contributed by atoms with van der Waals surface area (Å²) in [7, 11) is 3.13. The monoisotopic (exact) mass is 265 g/mol. The van der Waals surface area contributed by atoms with Gasteiger partial charge in [-0.3, -0.25) is 0 Å². The van der Waals surface area contributed by atoms with E-state index in [2.05, 4.69) is 33.7 Å². The normalized spacial score (nSPS) is 10.2. The Bertz CT molecular complexity index is 506. The van der Waals surface area contributed by atoms with Crippen LogP contribution in [-0.4, -0.2) is 24.2 Å². The van der Waals surface area contributed by atoms with Crippen molar-refractivity contribution < 1.29 is 9.47 Å². The Morgan fingerprint density at radius 3 is 2.39 bits per heavy atom. The number of nitrogens with zero attached hydrogens (tertiary/aromatic N) is 2. The third-order valence-corrected chi connectivity index (χ3v) is 3.50. The summed E-state index contributed by atoms with van der Waals surface area (Å²) >= 11 is 1.71. The van der Waals surface area contributed by atoms with Crippen molar-refractivity contribution in [1.82, 2.24) is 9.97 Å². The summed E-state index contributed by atoms with van der Waals surface area (Å²) in [6.45, 7) is 2.78. The van der Waals surface area contributed by atoms with Gasteiger partial charge in [0.05, 0.1) is 26.8 Å². The molecule has 0 spiro atoms. The van der Waals surface area contributed by atoms with Gasteiger partial charge in [0.25, 0.3) is 0 Å². The molecule has 18 heavy (non-hydrogen) atoms. The second-order valence-electron chi connectivity index (χ2n) is 3.66. The minimum absolute atomic E-state index is 0.479. The number of thiophene rings is 1. The highest BCUT2D eigenvalue weighted by Gasteiger charge is 2.06. The molecule has 1 N–H and O–H groups in total. The van der Waals surface area contributed by atoms with Crippen LogP contribution in [0, 0.1) is 6.92 Å². The fourth-order valence-corrected chi connectivity index (χ4v) is 2.28. The first-order valence-corrected chi connectivity index (χ1v) is 6.35. The number of hydrogen-bond acceptors (Lipinski definition) is 6. The minimum Gasteiger partial charge on any atom is -0.481 e. The fourth-order valence-electron chi connectivity index (χ4n) is 1.44. The van der Waals surface area contributed by atoms with E-state index in [0.717, 1.165) is 0 Å². The van der Waals surface area contributed by atoms with Gasteiger partial charge in [-0.2, -0.15) is 9.97 Å². The van der Waals surface area contributed by atoms with Gasteiger partial charge in [0.1, 0.15) is 0 Å². The van der Waals surface area contributed by atoms with Gasteiger partial charge < -0.3 is 14.8 Å². The molecule has 2 aromatic heterocycles. The molecule has 0 aliphatic carbocycles. The zero-order valence-corrected chi connectivity index (χ0v) is 11.4. The van der Waals surface area contributed by atoms with Crippen molar-refractivity contribution in [3.05, 3.63) is 28.0 Å². The van der Waals surface area contributed by atoms with E-state index in [4.69, 9.17) is 9.47 Å². The van der Waals surface area contributed by atoms with E-state index >= 15 is 0 Å². The predicted molar refractivity (Wildman–Crippen MR) is 71.5 cm³/mol. The van der Waals surface area contributed by atoms with Gasteiger partial charge >= 0.3 is 0 Å². The highest BCUT2D eigenvalue weighted by molar-refractivity contribution is 7.10. The molecule has 0 fully saturated rings. The molecule has 0 amide bonds. The summed E-state index contributed by atoms with van der Waals surface area (Å²) in [6, 6.07) is 3.73. The molecular weight excluding hydrogens is 250 g/mol. The highest BCUT2D eigenvalue weighted by atomic mass is 32.1. The van der Waals surface area contributed by atoms with Gasteiger partial charge in [-0.1, -0.05) is 0 Å². The predicted octanol–water partition coefficient (Wildman–Crippen LogP) is 2.48. The SMILES string of the molecule is COc1cc(OC)nc(NCc2sccc2C)n1. The molecule has 0 aliphatic heterocycles. The average Bonchev–Trinajstić information content (AvgIpc) is 2.81. The van der Waals surface area contributed by atoms with E-state index in [1.165, 1.54) is 10.4 Å². The molecule has 2 rings (SSSR count). The molecule has 96 valence electrons. The smallest absolute Gasteiger partial charge is 0.229 e. The van der Waals surface area contributed by atoms with E-state index < -0.39 is 0 Å². The topological polar surface area (TPSA) is 56.3 Å². The van der Waals surface area contributed by atoms with Crippen molar-refractivity contribution in [1.29, 1.82) is 0 Å². The van der Waals surface area contributed by atoms with E-state index in [-0.39, 0.29) is 0 Å². The summed E-state index contributed by atoms with van der Waals surface area (Å²) in [6.07, 6.45) is 0. The van der Waals surface area contributed by atoms with Crippen LogP contribution in [0.3, 0.4) is 0 Å². The summed E-state index contributed by atoms with van der Waals surface area (Å²) < 4.78 is 10.2. The zero-order valence-electron chi connectivity index (χ0n) is 10.6. The van der Waals surface area contributed by atoms with E-state index in [1.807, 2.05) is 0 Å². The molecule has 0 saturated carbocycles. The molecular formula is C12H15N3O2S. The van der Waals surface area contributed by atoms with Gasteiger partial charge in [-0.05, 0) is 23.9 Å². The average molecular weight is 265 g/mol. The third kappa shape index (κ3) is 2.89. The van der Waals surface area contributed by atoms with Crippen LogP contribution >= 0.6 is 11.3 Å². The fraction of sp³-hybridized carbons (Fsp3) is 0.333. The van der Waals surface area contributed by atoms with Crippen molar-refractivity contribution in [2.75, 3.05) is 19.5 Å². The lowest BCUT2D eigenvalue weighted by molar-refractivity contribution is 0.373. The molecule has 0 atom stereocenters. The van der Waals surface area contributed by atoms with E-state index in [1.54, 1.807) is 31.6 Å². The van der Waals surface area contributed by atoms with Crippen molar-refractivity contribution in [2.24, 2.45) is 0 Å². The molecule has 2 heterocycles. The maximum Gasteiger partial charge on any atom is 0.229 e. The van der Waals surface area contributed by atoms with Gasteiger partial charge in [-0.25, -0.2) is 0 Å². The first-order valence-electron chi connectivity index (χ1n) is 5.47. The summed E-state index contributed by atoms with van der Waals surface area (Å²) in [5.74, 6) is 1.46. The number of hydrogen-bond donors (Lipinski definition) is 1. The van der Waals surface area contributed by atoms with Crippen LogP contribution in [0.1, 0.15) is 10.4 Å². The number of aryl methyl sites for hydroxylation is 1. The number of ether oxygens (including phenoxy) is 2. The third-order valence-electron chi connectivity index (χ3n) is 2.47. The molecule has 0 aliphatic rings. The number of rotatable bonds is 5. The molecule has 0 bridgehead atoms. The molecule has 6 heteroatoms. The van der Waals surface area contributed by atoms with Gasteiger partial charge in [0.15, 0.2) is 0 Å². The van der Waals surface area contributed by atoms with Gasteiger partial charge in [-0.15, -0.1) is 11.3 Å². The number of methoxy groups -OCH3 is 2. The molecule has 0 radical (unpaired) electrons. The summed E-state index contributed by atoms with van der Waals surface area (Å²) in [4.78, 5) is 9.68. The number of aromatic nitrogens is 2. The maximum absolute atomic E-state index is 5.09. The van der Waals surface area contributed by atoms with Crippen LogP contribution in [0.5, 0.6) is 11.8 Å². The first-order chi connectivity index (χ1) is 8.72. The molecule has 0 saturated heterocycles. The largest absolute Gasteiger partial charge is 0.481 e. The van der Waals surface area contributed by atoms with Gasteiger partial charge in [0, 0.05) is 4.88 Å². The summed E-state index contributed by atoms with van der Waals surface area (Å²) in [5.41, 5.74) is 1.27. The van der Waals surface area contributed by atoms with Crippen LogP contribution in [0.25, 0.3) is 0 Å². The van der Waals surface area contributed by atoms with Gasteiger partial charge in [0.2, 0.25) is 17.7 Å². The lowest BCUT2D eigenvalue weighted by atomic mass is 10.3. The molecule has 0 aromatic carbocycles. The summed E-state index contributed by atoms with van der Waals surface area (Å²) in [5, 5.41) is 5.23. The van der Waals surface area contributed by atoms with E-state index in [9.17, 15) is 0 Å². The van der Waals surface area contributed by atoms with Crippen LogP contribution < -0.4 is 14.8 Å². The quantitative estimate of drug-likeness (QED) is 0.900. The second kappa shape index (κ2) is 5.68. The first kappa shape index (κ1) is 12.6. The Morgan fingerprint density at radius 1 is 1.22 bits per heavy atom. The Morgan fingerprint density at radius 2 is 1.89 bits per heavy atom. The van der Waals surface area contributed by atoms with Crippen LogP contribution in [0.4, 0.5) is 5.95 Å². The van der Waals surface area contributed by atoms with Crippen molar-refractivity contribution >= 4 is 17.3 Å². The Labute approximate surface area is 110 Å². The maximum atomic E-state index is 5.09. The lowest BCUT2D eigenvalue weighted by Crippen LogP contribution is -2.05. The van der Waals surface area contributed by atoms with Crippen LogP contribution in [0.15, 0.2) is 17.5 Å². The number of anilines is 1. The van der Waals surface area contributed by atoms with E-state index in [0.29, 0.717) is 24.3 Å². The lowest BCUT2D eigenvalue weighted by Gasteiger charge is -2.08. The zero-order chi connectivity index (χ0) is 13.0. The Balaban J connectivity index is 2.11. The second-order valence-corrected chi connectivity index (χ2v) is 4.66. The molecule has 5 nitrogen and oxygen atoms in total. The molecule has 2 aromatic rings. The Hall–Kier alpha value is -1.82. The van der Waals surface area contributed by atoms with Crippen molar-refractivity contribution in [3.8, 4) is 11.8 Å². The standard InChI is InChI=1S/C12H15N3O2S/c1-8-4-5-18-9(8)7-13-12-14-10(16-2)6-11(15-12)17-3/h4-6H,7H2,1-3H3,(H,13,14,15).